The van der Waals surface area contributed by atoms with Gasteiger partial charge in [-0.3, -0.25) is 9.78 Å². The van der Waals surface area contributed by atoms with Crippen LogP contribution in [0.25, 0.3) is 10.9 Å². The molecule has 0 radical (unpaired) electrons. The Morgan fingerprint density at radius 1 is 1.33 bits per heavy atom. The van der Waals surface area contributed by atoms with Crippen LogP contribution in [0.5, 0.6) is 5.75 Å². The van der Waals surface area contributed by atoms with Gasteiger partial charge in [0, 0.05) is 24.7 Å². The molecule has 2 heterocycles. The molecule has 2 aromatic rings. The van der Waals surface area contributed by atoms with E-state index < -0.39 is 6.10 Å². The van der Waals surface area contributed by atoms with Crippen molar-refractivity contribution >= 4 is 16.8 Å². The molecule has 3 rings (SSSR count). The Hall–Kier alpha value is -2.14. The minimum atomic E-state index is -0.449. The molecule has 1 aromatic heterocycles. The number of phenols is 1. The quantitative estimate of drug-likeness (QED) is 0.776. The number of rotatable bonds is 1. The normalized spacial score (nSPS) is 15.7. The van der Waals surface area contributed by atoms with Gasteiger partial charge in [-0.05, 0) is 12.1 Å². The van der Waals surface area contributed by atoms with Gasteiger partial charge in [-0.1, -0.05) is 12.1 Å². The molecule has 1 saturated heterocycles. The second-order valence-corrected chi connectivity index (χ2v) is 4.40. The van der Waals surface area contributed by atoms with Crippen LogP contribution in [-0.4, -0.2) is 45.2 Å². The van der Waals surface area contributed by atoms with Crippen molar-refractivity contribution in [3.63, 3.8) is 0 Å². The van der Waals surface area contributed by atoms with Crippen molar-refractivity contribution in [3.8, 4) is 5.75 Å². The molecule has 0 atom stereocenters. The van der Waals surface area contributed by atoms with Gasteiger partial charge < -0.3 is 15.1 Å². The number of aromatic hydroxyl groups is 1. The van der Waals surface area contributed by atoms with Gasteiger partial charge in [0.25, 0.3) is 5.91 Å². The first-order chi connectivity index (χ1) is 8.66. The molecule has 0 saturated carbocycles. The number of aliphatic hydroxyl groups excluding tert-OH is 1. The summed E-state index contributed by atoms with van der Waals surface area (Å²) in [6.07, 6.45) is 1.12. The highest BCUT2D eigenvalue weighted by atomic mass is 16.3. The van der Waals surface area contributed by atoms with Crippen molar-refractivity contribution in [2.24, 2.45) is 0 Å². The lowest BCUT2D eigenvalue weighted by Gasteiger charge is -2.35. The van der Waals surface area contributed by atoms with Gasteiger partial charge >= 0.3 is 0 Å². The first kappa shape index (κ1) is 11.0. The van der Waals surface area contributed by atoms with E-state index in [1.807, 2.05) is 6.07 Å². The summed E-state index contributed by atoms with van der Waals surface area (Å²) in [7, 11) is 0. The molecular formula is C13H12N2O3. The maximum absolute atomic E-state index is 12.1. The number of hydrogen-bond donors (Lipinski definition) is 2. The number of benzene rings is 1. The number of hydrogen-bond acceptors (Lipinski definition) is 4. The number of pyridine rings is 1. The largest absolute Gasteiger partial charge is 0.505 e. The Balaban J connectivity index is 2.02. The summed E-state index contributed by atoms with van der Waals surface area (Å²) in [5.74, 6) is -0.371. The third-order valence-electron chi connectivity index (χ3n) is 3.13. The van der Waals surface area contributed by atoms with Crippen LogP contribution in [-0.2, 0) is 0 Å². The van der Waals surface area contributed by atoms with Crippen molar-refractivity contribution in [3.05, 3.63) is 36.0 Å². The van der Waals surface area contributed by atoms with E-state index in [9.17, 15) is 15.0 Å². The smallest absolute Gasteiger partial charge is 0.257 e. The number of amides is 1. The summed E-state index contributed by atoms with van der Waals surface area (Å²) < 4.78 is 0. The van der Waals surface area contributed by atoms with Gasteiger partial charge in [-0.2, -0.15) is 0 Å². The van der Waals surface area contributed by atoms with E-state index in [-0.39, 0.29) is 17.2 Å². The Bertz CT molecular complexity index is 621. The van der Waals surface area contributed by atoms with E-state index in [1.54, 1.807) is 24.4 Å². The molecule has 0 unspecified atom stereocenters. The summed E-state index contributed by atoms with van der Waals surface area (Å²) in [6, 6.07) is 6.94. The second-order valence-electron chi connectivity index (χ2n) is 4.40. The number of aromatic nitrogens is 1. The molecule has 2 N–H and O–H groups in total. The molecule has 0 aliphatic carbocycles. The zero-order valence-corrected chi connectivity index (χ0v) is 9.58. The third kappa shape index (κ3) is 1.60. The average molecular weight is 244 g/mol. The standard InChI is InChI=1S/C13H12N2O3/c16-9-6-15(7-9)13(18)10-4-3-8-2-1-5-14-11(8)12(10)17/h1-5,9,16-17H,6-7H2. The van der Waals surface area contributed by atoms with E-state index in [0.29, 0.717) is 18.6 Å². The number of carbonyl (C=O) groups is 1. The summed E-state index contributed by atoms with van der Waals surface area (Å²) >= 11 is 0. The maximum Gasteiger partial charge on any atom is 0.257 e. The Morgan fingerprint density at radius 3 is 2.83 bits per heavy atom. The van der Waals surface area contributed by atoms with Crippen LogP contribution < -0.4 is 0 Å². The van der Waals surface area contributed by atoms with Crippen molar-refractivity contribution in [1.82, 2.24) is 9.88 Å². The topological polar surface area (TPSA) is 73.7 Å². The monoisotopic (exact) mass is 244 g/mol. The van der Waals surface area contributed by atoms with Gasteiger partial charge in [-0.15, -0.1) is 0 Å². The zero-order valence-electron chi connectivity index (χ0n) is 9.58. The highest BCUT2D eigenvalue weighted by molar-refractivity contribution is 6.02. The molecule has 0 spiro atoms. The summed E-state index contributed by atoms with van der Waals surface area (Å²) in [6.45, 7) is 0.636. The Kier molecular flexibility index (Phi) is 2.41. The third-order valence-corrected chi connectivity index (χ3v) is 3.13. The van der Waals surface area contributed by atoms with Crippen LogP contribution in [0.4, 0.5) is 0 Å². The predicted octanol–water partition coefficient (Wildman–Crippen LogP) is 0.757. The number of carbonyl (C=O) groups excluding carboxylic acids is 1. The lowest BCUT2D eigenvalue weighted by Crippen LogP contribution is -2.53. The van der Waals surface area contributed by atoms with Crippen LogP contribution >= 0.6 is 0 Å². The SMILES string of the molecule is O=C(c1ccc2cccnc2c1O)N1CC(O)C1. The average Bonchev–Trinajstić information content (AvgIpc) is 2.35. The molecule has 1 aliphatic heterocycles. The predicted molar refractivity (Wildman–Crippen MR) is 65.3 cm³/mol. The summed E-state index contributed by atoms with van der Waals surface area (Å²) in [5.41, 5.74) is 0.650. The van der Waals surface area contributed by atoms with E-state index >= 15 is 0 Å². The molecule has 1 amide bonds. The second kappa shape index (κ2) is 3.96. The highest BCUT2D eigenvalue weighted by Crippen LogP contribution is 2.28. The van der Waals surface area contributed by atoms with Crippen LogP contribution in [0.2, 0.25) is 0 Å². The van der Waals surface area contributed by atoms with Gasteiger partial charge in [0.05, 0.1) is 11.7 Å². The van der Waals surface area contributed by atoms with Crippen LogP contribution in [0.15, 0.2) is 30.5 Å². The minimum absolute atomic E-state index is 0.0977. The van der Waals surface area contributed by atoms with Crippen LogP contribution in [0.1, 0.15) is 10.4 Å². The summed E-state index contributed by atoms with van der Waals surface area (Å²) in [5, 5.41) is 20.1. The highest BCUT2D eigenvalue weighted by Gasteiger charge is 2.31. The zero-order chi connectivity index (χ0) is 12.7. The molecule has 1 fully saturated rings. The number of likely N-dealkylation sites (tertiary alicyclic amines) is 1. The Labute approximate surface area is 103 Å². The number of aliphatic hydroxyl groups is 1. The lowest BCUT2D eigenvalue weighted by molar-refractivity contribution is 0.00572. The number of fused-ring (bicyclic) bond motifs is 1. The molecule has 18 heavy (non-hydrogen) atoms. The first-order valence-electron chi connectivity index (χ1n) is 5.71. The maximum atomic E-state index is 12.1. The fourth-order valence-electron chi connectivity index (χ4n) is 2.09. The lowest BCUT2D eigenvalue weighted by atomic mass is 10.1. The van der Waals surface area contributed by atoms with E-state index in [2.05, 4.69) is 4.98 Å². The molecular weight excluding hydrogens is 232 g/mol. The van der Waals surface area contributed by atoms with Crippen LogP contribution in [0, 0.1) is 0 Å². The molecule has 1 aromatic carbocycles. The number of β-amino-alcohol motifs (C(OH)–C–C–N with tert-alkyl or cyclic N) is 1. The van der Waals surface area contributed by atoms with Gasteiger partial charge in [-0.25, -0.2) is 0 Å². The fourth-order valence-corrected chi connectivity index (χ4v) is 2.09. The Morgan fingerprint density at radius 2 is 2.11 bits per heavy atom. The molecule has 5 heteroatoms. The van der Waals surface area contributed by atoms with Crippen molar-refractivity contribution < 1.29 is 15.0 Å². The minimum Gasteiger partial charge on any atom is -0.505 e. The molecule has 0 bridgehead atoms. The van der Waals surface area contributed by atoms with Crippen molar-refractivity contribution in [2.45, 2.75) is 6.10 Å². The van der Waals surface area contributed by atoms with E-state index in [4.69, 9.17) is 0 Å². The van der Waals surface area contributed by atoms with E-state index in [0.717, 1.165) is 5.39 Å². The van der Waals surface area contributed by atoms with E-state index in [1.165, 1.54) is 4.90 Å². The van der Waals surface area contributed by atoms with Gasteiger partial charge in [0.2, 0.25) is 0 Å². The van der Waals surface area contributed by atoms with Crippen molar-refractivity contribution in [2.75, 3.05) is 13.1 Å². The molecule has 92 valence electrons. The van der Waals surface area contributed by atoms with Crippen molar-refractivity contribution in [1.29, 1.82) is 0 Å². The number of phenolic OH excluding ortho intramolecular Hbond substituents is 1. The molecule has 5 nitrogen and oxygen atoms in total. The van der Waals surface area contributed by atoms with Gasteiger partial charge in [0.15, 0.2) is 5.75 Å². The van der Waals surface area contributed by atoms with Crippen LogP contribution in [0.3, 0.4) is 0 Å². The molecule has 1 aliphatic rings. The summed E-state index contributed by atoms with van der Waals surface area (Å²) in [4.78, 5) is 17.6. The number of nitrogens with zero attached hydrogens (tertiary/aromatic N) is 2. The first-order valence-corrected chi connectivity index (χ1v) is 5.71. The fraction of sp³-hybridized carbons (Fsp3) is 0.231. The van der Waals surface area contributed by atoms with Gasteiger partial charge in [0.1, 0.15) is 5.52 Å².